The number of para-hydroxylation sites is 1. The average Bonchev–Trinajstić information content (AvgIpc) is 3.21. The Morgan fingerprint density at radius 3 is 2.65 bits per heavy atom. The van der Waals surface area contributed by atoms with Crippen molar-refractivity contribution in [2.45, 2.75) is 0 Å². The molecular weight excluding hydrogens is 398 g/mol. The van der Waals surface area contributed by atoms with Gasteiger partial charge < -0.3 is 14.5 Å². The van der Waals surface area contributed by atoms with E-state index in [1.807, 2.05) is 24.3 Å². The molecule has 0 radical (unpaired) electrons. The van der Waals surface area contributed by atoms with Gasteiger partial charge in [0.05, 0.1) is 29.4 Å². The monoisotopic (exact) mass is 415 g/mol. The summed E-state index contributed by atoms with van der Waals surface area (Å²) in [5.41, 5.74) is 2.62. The summed E-state index contributed by atoms with van der Waals surface area (Å²) in [6.07, 6.45) is 3.12. The molecule has 0 aliphatic heterocycles. The highest BCUT2D eigenvalue weighted by Gasteiger charge is 2.15. The summed E-state index contributed by atoms with van der Waals surface area (Å²) in [6, 6.07) is 18.6. The predicted octanol–water partition coefficient (Wildman–Crippen LogP) is 5.06. The number of aromatic nitrogens is 1. The predicted molar refractivity (Wildman–Crippen MR) is 117 cm³/mol. The van der Waals surface area contributed by atoms with Crippen LogP contribution in [0.4, 0.5) is 11.4 Å². The lowest BCUT2D eigenvalue weighted by atomic mass is 10.1. The number of nitro groups is 1. The number of amides is 1. The van der Waals surface area contributed by atoms with Crippen LogP contribution in [-0.2, 0) is 4.79 Å². The number of anilines is 1. The first-order valence-electron chi connectivity index (χ1n) is 9.31. The Morgan fingerprint density at radius 2 is 1.90 bits per heavy atom. The van der Waals surface area contributed by atoms with Gasteiger partial charge in [0.2, 0.25) is 11.8 Å². The molecular formula is C23H17N3O5. The van der Waals surface area contributed by atoms with Crippen LogP contribution in [0.5, 0.6) is 5.75 Å². The number of oxazole rings is 1. The highest BCUT2D eigenvalue weighted by atomic mass is 16.6. The van der Waals surface area contributed by atoms with E-state index >= 15 is 0 Å². The molecule has 1 N–H and O–H groups in total. The van der Waals surface area contributed by atoms with Crippen LogP contribution < -0.4 is 10.1 Å². The molecule has 31 heavy (non-hydrogen) atoms. The highest BCUT2D eigenvalue weighted by Crippen LogP contribution is 2.31. The van der Waals surface area contributed by atoms with Crippen molar-refractivity contribution >= 4 is 34.5 Å². The van der Waals surface area contributed by atoms with Crippen LogP contribution >= 0.6 is 0 Å². The van der Waals surface area contributed by atoms with Crippen molar-refractivity contribution in [2.75, 3.05) is 12.4 Å². The summed E-state index contributed by atoms with van der Waals surface area (Å²) >= 11 is 0. The Hall–Kier alpha value is -4.46. The fourth-order valence-electron chi connectivity index (χ4n) is 2.98. The topological polar surface area (TPSA) is 108 Å². The summed E-state index contributed by atoms with van der Waals surface area (Å²) in [6.45, 7) is 0. The van der Waals surface area contributed by atoms with Crippen LogP contribution in [0, 0.1) is 10.1 Å². The van der Waals surface area contributed by atoms with Crippen LogP contribution in [-0.4, -0.2) is 22.9 Å². The van der Waals surface area contributed by atoms with E-state index in [-0.39, 0.29) is 17.5 Å². The number of carbonyl (C=O) groups is 1. The van der Waals surface area contributed by atoms with E-state index in [4.69, 9.17) is 9.15 Å². The zero-order chi connectivity index (χ0) is 21.8. The van der Waals surface area contributed by atoms with E-state index in [1.54, 1.807) is 37.5 Å². The number of hydrogen-bond acceptors (Lipinski definition) is 6. The highest BCUT2D eigenvalue weighted by molar-refractivity contribution is 6.04. The molecule has 8 heteroatoms. The summed E-state index contributed by atoms with van der Waals surface area (Å²) in [4.78, 5) is 27.3. The molecule has 0 bridgehead atoms. The standard InChI is InChI=1S/C23H17N3O5/c1-30-17-10-6-15(7-11-17)8-13-22(27)24-19-5-3-2-4-18(19)23-25-20-12-9-16(26(28)29)14-21(20)31-23/h2-14H,1H3,(H,24,27). The summed E-state index contributed by atoms with van der Waals surface area (Å²) in [5.74, 6) is 0.666. The second-order valence-corrected chi connectivity index (χ2v) is 6.57. The molecule has 1 heterocycles. The van der Waals surface area contributed by atoms with Crippen molar-refractivity contribution < 1.29 is 18.9 Å². The molecule has 154 valence electrons. The second kappa shape index (κ2) is 8.50. The van der Waals surface area contributed by atoms with Crippen LogP contribution in [0.25, 0.3) is 28.6 Å². The Kier molecular flexibility index (Phi) is 5.44. The van der Waals surface area contributed by atoms with Crippen molar-refractivity contribution in [3.8, 4) is 17.2 Å². The van der Waals surface area contributed by atoms with Gasteiger partial charge in [-0.2, -0.15) is 0 Å². The molecule has 4 aromatic rings. The third-order valence-corrected chi connectivity index (χ3v) is 4.54. The van der Waals surface area contributed by atoms with Gasteiger partial charge in [-0.15, -0.1) is 0 Å². The van der Waals surface area contributed by atoms with Gasteiger partial charge in [-0.05, 0) is 42.0 Å². The normalized spacial score (nSPS) is 11.0. The first-order chi connectivity index (χ1) is 15.0. The molecule has 0 fully saturated rings. The van der Waals surface area contributed by atoms with E-state index < -0.39 is 4.92 Å². The number of carbonyl (C=O) groups excluding carboxylic acids is 1. The average molecular weight is 415 g/mol. The van der Waals surface area contributed by atoms with Gasteiger partial charge >= 0.3 is 0 Å². The van der Waals surface area contributed by atoms with Crippen molar-refractivity contribution in [1.82, 2.24) is 4.98 Å². The zero-order valence-electron chi connectivity index (χ0n) is 16.4. The van der Waals surface area contributed by atoms with E-state index in [1.165, 1.54) is 24.3 Å². The largest absolute Gasteiger partial charge is 0.497 e. The Balaban J connectivity index is 1.57. The fourth-order valence-corrected chi connectivity index (χ4v) is 2.98. The number of hydrogen-bond donors (Lipinski definition) is 1. The molecule has 8 nitrogen and oxygen atoms in total. The van der Waals surface area contributed by atoms with Crippen LogP contribution in [0.2, 0.25) is 0 Å². The number of rotatable bonds is 6. The minimum Gasteiger partial charge on any atom is -0.497 e. The van der Waals surface area contributed by atoms with Crippen LogP contribution in [0.3, 0.4) is 0 Å². The maximum Gasteiger partial charge on any atom is 0.273 e. The minimum atomic E-state index is -0.495. The molecule has 1 amide bonds. The summed E-state index contributed by atoms with van der Waals surface area (Å²) in [5, 5.41) is 13.8. The Bertz CT molecular complexity index is 1290. The number of methoxy groups -OCH3 is 1. The number of nitrogens with one attached hydrogen (secondary N) is 1. The number of nitrogens with zero attached hydrogens (tertiary/aromatic N) is 2. The molecule has 4 rings (SSSR count). The zero-order valence-corrected chi connectivity index (χ0v) is 16.4. The van der Waals surface area contributed by atoms with Gasteiger partial charge in [0.15, 0.2) is 5.58 Å². The first-order valence-corrected chi connectivity index (χ1v) is 9.31. The van der Waals surface area contributed by atoms with Gasteiger partial charge in [-0.1, -0.05) is 24.3 Å². The second-order valence-electron chi connectivity index (χ2n) is 6.57. The van der Waals surface area contributed by atoms with Crippen LogP contribution in [0.1, 0.15) is 5.56 Å². The van der Waals surface area contributed by atoms with Crippen LogP contribution in [0.15, 0.2) is 77.2 Å². The molecule has 0 aliphatic carbocycles. The van der Waals surface area contributed by atoms with Crippen molar-refractivity contribution in [1.29, 1.82) is 0 Å². The fraction of sp³-hybridized carbons (Fsp3) is 0.0435. The summed E-state index contributed by atoms with van der Waals surface area (Å²) < 4.78 is 10.8. The smallest absolute Gasteiger partial charge is 0.273 e. The first kappa shape index (κ1) is 19.8. The molecule has 0 saturated heterocycles. The lowest BCUT2D eigenvalue weighted by molar-refractivity contribution is -0.384. The lowest BCUT2D eigenvalue weighted by Gasteiger charge is -2.06. The molecule has 3 aromatic carbocycles. The van der Waals surface area contributed by atoms with E-state index in [0.717, 1.165) is 11.3 Å². The van der Waals surface area contributed by atoms with Gasteiger partial charge in [-0.25, -0.2) is 4.98 Å². The third-order valence-electron chi connectivity index (χ3n) is 4.54. The van der Waals surface area contributed by atoms with Gasteiger partial charge in [0, 0.05) is 12.1 Å². The number of benzene rings is 3. The van der Waals surface area contributed by atoms with E-state index in [2.05, 4.69) is 10.3 Å². The molecule has 0 atom stereocenters. The lowest BCUT2D eigenvalue weighted by Crippen LogP contribution is -2.08. The van der Waals surface area contributed by atoms with E-state index in [9.17, 15) is 14.9 Å². The maximum atomic E-state index is 12.4. The summed E-state index contributed by atoms with van der Waals surface area (Å²) in [7, 11) is 1.59. The van der Waals surface area contributed by atoms with Crippen molar-refractivity contribution in [3.63, 3.8) is 0 Å². The number of non-ortho nitro benzene ring substituents is 1. The Morgan fingerprint density at radius 1 is 1.13 bits per heavy atom. The van der Waals surface area contributed by atoms with Gasteiger partial charge in [-0.3, -0.25) is 14.9 Å². The third kappa shape index (κ3) is 4.43. The number of fused-ring (bicyclic) bond motifs is 1. The van der Waals surface area contributed by atoms with Crippen molar-refractivity contribution in [2.24, 2.45) is 0 Å². The molecule has 0 saturated carbocycles. The molecule has 0 unspecified atom stereocenters. The number of nitro benzene ring substituents is 1. The number of ether oxygens (including phenoxy) is 1. The quantitative estimate of drug-likeness (QED) is 0.268. The van der Waals surface area contributed by atoms with Gasteiger partial charge in [0.1, 0.15) is 11.3 Å². The SMILES string of the molecule is COc1ccc(C=CC(=O)Nc2ccccc2-c2nc3ccc([N+](=O)[O-])cc3o2)cc1. The maximum absolute atomic E-state index is 12.4. The molecule has 1 aromatic heterocycles. The molecule has 0 aliphatic rings. The van der Waals surface area contributed by atoms with E-state index in [0.29, 0.717) is 22.4 Å². The minimum absolute atomic E-state index is 0.0829. The van der Waals surface area contributed by atoms with Crippen molar-refractivity contribution in [3.05, 3.63) is 88.5 Å². The molecule has 0 spiro atoms. The Labute approximate surface area is 176 Å². The van der Waals surface area contributed by atoms with Gasteiger partial charge in [0.25, 0.3) is 5.69 Å².